The van der Waals surface area contributed by atoms with E-state index in [4.69, 9.17) is 9.15 Å². The van der Waals surface area contributed by atoms with Gasteiger partial charge in [-0.3, -0.25) is 4.79 Å². The van der Waals surface area contributed by atoms with E-state index in [1.54, 1.807) is 11.8 Å². The van der Waals surface area contributed by atoms with Crippen molar-refractivity contribution < 1.29 is 22.7 Å². The molecule has 2 atom stereocenters. The lowest BCUT2D eigenvalue weighted by Gasteiger charge is -2.23. The van der Waals surface area contributed by atoms with Crippen molar-refractivity contribution in [3.63, 3.8) is 0 Å². The zero-order chi connectivity index (χ0) is 17.6. The van der Waals surface area contributed by atoms with Crippen molar-refractivity contribution in [2.75, 3.05) is 26.3 Å². The van der Waals surface area contributed by atoms with E-state index in [2.05, 4.69) is 10.2 Å². The molecule has 132 valence electrons. The molecule has 0 bridgehead atoms. The number of likely N-dealkylation sites (tertiary alicyclic amines) is 1. The van der Waals surface area contributed by atoms with Crippen LogP contribution in [0.4, 0.5) is 8.78 Å². The minimum absolute atomic E-state index is 0.0642. The SMILES string of the molecule is Cc1nnc([C@@]23COC[C@@H]2CN(C(=O)Cc2ccc(F)cc2F)C3)o1. The van der Waals surface area contributed by atoms with Gasteiger partial charge in [0.1, 0.15) is 11.6 Å². The van der Waals surface area contributed by atoms with Crippen molar-refractivity contribution >= 4 is 5.91 Å². The smallest absolute Gasteiger partial charge is 0.227 e. The van der Waals surface area contributed by atoms with Gasteiger partial charge in [0.25, 0.3) is 0 Å². The van der Waals surface area contributed by atoms with Crippen molar-refractivity contribution in [3.8, 4) is 0 Å². The van der Waals surface area contributed by atoms with Crippen LogP contribution in [0.3, 0.4) is 0 Å². The Kier molecular flexibility index (Phi) is 3.79. The maximum Gasteiger partial charge on any atom is 0.227 e. The number of carbonyl (C=O) groups excluding carboxylic acids is 1. The normalized spacial score (nSPS) is 25.4. The first-order valence-corrected chi connectivity index (χ1v) is 8.08. The van der Waals surface area contributed by atoms with E-state index in [-0.39, 0.29) is 23.8 Å². The Morgan fingerprint density at radius 3 is 2.96 bits per heavy atom. The van der Waals surface area contributed by atoms with Crippen LogP contribution in [-0.2, 0) is 21.4 Å². The second-order valence-electron chi connectivity index (χ2n) is 6.68. The first-order valence-electron chi connectivity index (χ1n) is 8.08. The fourth-order valence-electron chi connectivity index (χ4n) is 3.67. The Morgan fingerprint density at radius 1 is 1.40 bits per heavy atom. The van der Waals surface area contributed by atoms with Crippen LogP contribution in [0.1, 0.15) is 17.3 Å². The van der Waals surface area contributed by atoms with Gasteiger partial charge in [0.05, 0.1) is 25.0 Å². The molecule has 1 aromatic carbocycles. The average molecular weight is 349 g/mol. The third-order valence-electron chi connectivity index (χ3n) is 5.04. The molecule has 0 spiro atoms. The molecule has 8 heteroatoms. The maximum absolute atomic E-state index is 13.8. The molecule has 1 aromatic heterocycles. The zero-order valence-corrected chi connectivity index (χ0v) is 13.7. The Hall–Kier alpha value is -2.35. The molecule has 0 aliphatic carbocycles. The van der Waals surface area contributed by atoms with Gasteiger partial charge in [-0.2, -0.15) is 0 Å². The van der Waals surface area contributed by atoms with Crippen LogP contribution in [-0.4, -0.2) is 47.3 Å². The highest BCUT2D eigenvalue weighted by atomic mass is 19.1. The Balaban J connectivity index is 1.54. The van der Waals surface area contributed by atoms with Crippen LogP contribution in [0.15, 0.2) is 22.6 Å². The quantitative estimate of drug-likeness (QED) is 0.842. The molecule has 0 N–H and O–H groups in total. The number of fused-ring (bicyclic) bond motifs is 1. The van der Waals surface area contributed by atoms with Gasteiger partial charge in [0, 0.05) is 32.0 Å². The second-order valence-corrected chi connectivity index (χ2v) is 6.68. The van der Waals surface area contributed by atoms with E-state index in [1.165, 1.54) is 6.07 Å². The van der Waals surface area contributed by atoms with Gasteiger partial charge >= 0.3 is 0 Å². The lowest BCUT2D eigenvalue weighted by atomic mass is 9.81. The standard InChI is InChI=1S/C17H17F2N3O3/c1-10-20-21-16(25-10)17-8-22(6-12(17)7-24-9-17)15(23)4-11-2-3-13(18)5-14(11)19/h2-3,5,12H,4,6-9H2,1H3/t12-,17-/m0/s1. The maximum atomic E-state index is 13.8. The molecule has 2 fully saturated rings. The highest BCUT2D eigenvalue weighted by Crippen LogP contribution is 2.43. The third-order valence-corrected chi connectivity index (χ3v) is 5.04. The Morgan fingerprint density at radius 2 is 2.24 bits per heavy atom. The molecule has 2 aliphatic heterocycles. The van der Waals surface area contributed by atoms with Gasteiger partial charge in [-0.25, -0.2) is 8.78 Å². The zero-order valence-electron chi connectivity index (χ0n) is 13.7. The van der Waals surface area contributed by atoms with Gasteiger partial charge in [0.2, 0.25) is 17.7 Å². The molecule has 0 saturated carbocycles. The Bertz CT molecular complexity index is 825. The van der Waals surface area contributed by atoms with Crippen LogP contribution in [0, 0.1) is 24.5 Å². The van der Waals surface area contributed by atoms with E-state index in [0.717, 1.165) is 12.1 Å². The first kappa shape index (κ1) is 16.1. The van der Waals surface area contributed by atoms with Crippen LogP contribution in [0.2, 0.25) is 0 Å². The van der Waals surface area contributed by atoms with Gasteiger partial charge in [0.15, 0.2) is 0 Å². The van der Waals surface area contributed by atoms with Crippen molar-refractivity contribution in [1.29, 1.82) is 0 Å². The summed E-state index contributed by atoms with van der Waals surface area (Å²) < 4.78 is 38.0. The number of amides is 1. The predicted molar refractivity (Wildman–Crippen MR) is 81.7 cm³/mol. The molecule has 2 aliphatic rings. The number of ether oxygens (including phenoxy) is 1. The topological polar surface area (TPSA) is 68.5 Å². The number of rotatable bonds is 3. The van der Waals surface area contributed by atoms with E-state index >= 15 is 0 Å². The molecular formula is C17H17F2N3O3. The lowest BCUT2D eigenvalue weighted by Crippen LogP contribution is -2.38. The summed E-state index contributed by atoms with van der Waals surface area (Å²) >= 11 is 0. The van der Waals surface area contributed by atoms with Crippen LogP contribution in [0.5, 0.6) is 0 Å². The predicted octanol–water partition coefficient (Wildman–Crippen LogP) is 1.63. The van der Waals surface area contributed by atoms with Crippen LogP contribution < -0.4 is 0 Å². The van der Waals surface area contributed by atoms with Crippen molar-refractivity contribution in [2.24, 2.45) is 5.92 Å². The van der Waals surface area contributed by atoms with Crippen molar-refractivity contribution in [1.82, 2.24) is 15.1 Å². The fourth-order valence-corrected chi connectivity index (χ4v) is 3.67. The second kappa shape index (κ2) is 5.87. The molecule has 2 aromatic rings. The van der Waals surface area contributed by atoms with Crippen molar-refractivity contribution in [3.05, 3.63) is 47.2 Å². The molecule has 2 saturated heterocycles. The summed E-state index contributed by atoms with van der Waals surface area (Å²) in [6.07, 6.45) is -0.112. The van der Waals surface area contributed by atoms with E-state index in [0.29, 0.717) is 38.1 Å². The number of nitrogens with zero attached hydrogens (tertiary/aromatic N) is 3. The van der Waals surface area contributed by atoms with Gasteiger partial charge < -0.3 is 14.1 Å². The van der Waals surface area contributed by atoms with Crippen LogP contribution >= 0.6 is 0 Å². The van der Waals surface area contributed by atoms with E-state index < -0.39 is 17.0 Å². The Labute approximate surface area is 142 Å². The summed E-state index contributed by atoms with van der Waals surface area (Å²) in [4.78, 5) is 14.3. The molecule has 0 radical (unpaired) electrons. The summed E-state index contributed by atoms with van der Waals surface area (Å²) in [5, 5.41) is 8.01. The number of halogens is 2. The summed E-state index contributed by atoms with van der Waals surface area (Å²) in [6.45, 7) is 3.52. The minimum atomic E-state index is -0.710. The molecule has 0 unspecified atom stereocenters. The summed E-state index contributed by atoms with van der Waals surface area (Å²) in [7, 11) is 0. The summed E-state index contributed by atoms with van der Waals surface area (Å²) in [6, 6.07) is 3.25. The molecule has 4 rings (SSSR count). The number of carbonyl (C=O) groups is 1. The highest BCUT2D eigenvalue weighted by molar-refractivity contribution is 5.79. The number of aryl methyl sites for hydroxylation is 1. The molecule has 25 heavy (non-hydrogen) atoms. The number of hydrogen-bond donors (Lipinski definition) is 0. The van der Waals surface area contributed by atoms with Gasteiger partial charge in [-0.15, -0.1) is 10.2 Å². The largest absolute Gasteiger partial charge is 0.425 e. The molecular weight excluding hydrogens is 332 g/mol. The molecule has 1 amide bonds. The minimum Gasteiger partial charge on any atom is -0.425 e. The third kappa shape index (κ3) is 2.70. The molecule has 3 heterocycles. The lowest BCUT2D eigenvalue weighted by molar-refractivity contribution is -0.130. The first-order chi connectivity index (χ1) is 12.0. The molecule has 6 nitrogen and oxygen atoms in total. The van der Waals surface area contributed by atoms with Crippen LogP contribution in [0.25, 0.3) is 0 Å². The van der Waals surface area contributed by atoms with Gasteiger partial charge in [-0.1, -0.05) is 6.07 Å². The number of benzene rings is 1. The van der Waals surface area contributed by atoms with E-state index in [1.807, 2.05) is 0 Å². The van der Waals surface area contributed by atoms with Gasteiger partial charge in [-0.05, 0) is 11.6 Å². The van der Waals surface area contributed by atoms with Crippen molar-refractivity contribution in [2.45, 2.75) is 18.8 Å². The number of hydrogen-bond acceptors (Lipinski definition) is 5. The van der Waals surface area contributed by atoms with E-state index in [9.17, 15) is 13.6 Å². The number of aromatic nitrogens is 2. The fraction of sp³-hybridized carbons (Fsp3) is 0.471. The highest BCUT2D eigenvalue weighted by Gasteiger charge is 2.56. The summed E-state index contributed by atoms with van der Waals surface area (Å²) in [5.74, 6) is -0.570. The summed E-state index contributed by atoms with van der Waals surface area (Å²) in [5.41, 5.74) is -0.319. The average Bonchev–Trinajstić information content (AvgIpc) is 3.23. The monoisotopic (exact) mass is 349 g/mol.